The molecule has 0 spiro atoms. The van der Waals surface area contributed by atoms with Gasteiger partial charge in [0, 0.05) is 19.2 Å². The molecule has 0 aliphatic heterocycles. The van der Waals surface area contributed by atoms with Crippen LogP contribution in [0.3, 0.4) is 0 Å². The summed E-state index contributed by atoms with van der Waals surface area (Å²) in [6.07, 6.45) is 4.22. The van der Waals surface area contributed by atoms with Crippen molar-refractivity contribution < 1.29 is 9.53 Å². The van der Waals surface area contributed by atoms with E-state index in [1.54, 1.807) is 14.2 Å². The molecule has 13 heavy (non-hydrogen) atoms. The summed E-state index contributed by atoms with van der Waals surface area (Å²) >= 11 is 0. The summed E-state index contributed by atoms with van der Waals surface area (Å²) in [5, 5.41) is 2.95. The van der Waals surface area contributed by atoms with Crippen LogP contribution in [0.2, 0.25) is 0 Å². The molecule has 72 valence electrons. The minimum Gasteiger partial charge on any atom is -0.501 e. The van der Waals surface area contributed by atoms with Crippen LogP contribution in [0.4, 0.5) is 0 Å². The summed E-state index contributed by atoms with van der Waals surface area (Å²) in [7, 11) is 3.38. The van der Waals surface area contributed by atoms with E-state index in [4.69, 9.17) is 10.5 Å². The fourth-order valence-electron chi connectivity index (χ4n) is 1.25. The molecule has 0 heterocycles. The van der Waals surface area contributed by atoms with Gasteiger partial charge in [-0.2, -0.15) is 0 Å². The molecular weight excluding hydrogens is 168 g/mol. The third kappa shape index (κ3) is 2.24. The number of ether oxygens (including phenoxy) is 1. The molecule has 1 aliphatic rings. The first-order valence-electron chi connectivity index (χ1n) is 4.11. The maximum Gasteiger partial charge on any atom is 0.224 e. The highest BCUT2D eigenvalue weighted by Crippen LogP contribution is 2.21. The monoisotopic (exact) mass is 182 g/mol. The second-order valence-electron chi connectivity index (χ2n) is 2.90. The Morgan fingerprint density at radius 2 is 2.46 bits per heavy atom. The van der Waals surface area contributed by atoms with Crippen LogP contribution in [0.5, 0.6) is 0 Å². The molecule has 1 amide bonds. The maximum atomic E-state index is 10.9. The number of amides is 1. The number of primary amides is 1. The molecule has 0 aromatic carbocycles. The molecule has 0 aromatic rings. The van der Waals surface area contributed by atoms with Crippen LogP contribution in [-0.2, 0) is 9.53 Å². The lowest BCUT2D eigenvalue weighted by molar-refractivity contribution is -0.120. The van der Waals surface area contributed by atoms with E-state index < -0.39 is 0 Å². The lowest BCUT2D eigenvalue weighted by Gasteiger charge is -2.18. The average molecular weight is 182 g/mol. The highest BCUT2D eigenvalue weighted by molar-refractivity contribution is 5.79. The summed E-state index contributed by atoms with van der Waals surface area (Å²) in [6, 6.07) is 0. The van der Waals surface area contributed by atoms with Gasteiger partial charge >= 0.3 is 0 Å². The fourth-order valence-corrected chi connectivity index (χ4v) is 1.25. The Hall–Kier alpha value is -1.45. The zero-order valence-electron chi connectivity index (χ0n) is 7.83. The molecule has 1 atom stereocenters. The van der Waals surface area contributed by atoms with Gasteiger partial charge in [0.15, 0.2) is 0 Å². The lowest BCUT2D eigenvalue weighted by Crippen LogP contribution is -2.25. The van der Waals surface area contributed by atoms with E-state index in [-0.39, 0.29) is 11.8 Å². The Morgan fingerprint density at radius 3 is 2.92 bits per heavy atom. The number of carbonyl (C=O) groups is 1. The van der Waals surface area contributed by atoms with Crippen molar-refractivity contribution in [1.29, 1.82) is 0 Å². The van der Waals surface area contributed by atoms with Crippen molar-refractivity contribution in [3.8, 4) is 0 Å². The molecule has 4 heteroatoms. The van der Waals surface area contributed by atoms with Crippen LogP contribution >= 0.6 is 0 Å². The number of methoxy groups -OCH3 is 1. The van der Waals surface area contributed by atoms with Gasteiger partial charge < -0.3 is 15.8 Å². The standard InChI is InChI=1S/C9H14N2O2/c1-11-7-3-6(9(10)12)4-8(5-7)13-2/h3,5-6,11H,4H2,1-2H3,(H2,10,12). The largest absolute Gasteiger partial charge is 0.501 e. The number of nitrogens with one attached hydrogen (secondary N) is 1. The molecule has 0 saturated carbocycles. The van der Waals surface area contributed by atoms with Crippen LogP contribution < -0.4 is 11.1 Å². The van der Waals surface area contributed by atoms with E-state index in [0.717, 1.165) is 11.5 Å². The minimum absolute atomic E-state index is 0.262. The molecule has 0 bridgehead atoms. The lowest BCUT2D eigenvalue weighted by atomic mass is 9.97. The Bertz CT molecular complexity index is 269. The average Bonchev–Trinajstić information content (AvgIpc) is 2.16. The topological polar surface area (TPSA) is 64.3 Å². The van der Waals surface area contributed by atoms with E-state index in [9.17, 15) is 4.79 Å². The van der Waals surface area contributed by atoms with Crippen molar-refractivity contribution in [2.45, 2.75) is 6.42 Å². The molecule has 0 fully saturated rings. The molecule has 1 rings (SSSR count). The number of rotatable bonds is 3. The number of likely N-dealkylation sites (N-methyl/N-ethyl adjacent to an activating group) is 1. The molecule has 0 saturated heterocycles. The van der Waals surface area contributed by atoms with Crippen LogP contribution in [0.25, 0.3) is 0 Å². The second-order valence-corrected chi connectivity index (χ2v) is 2.90. The van der Waals surface area contributed by atoms with Gasteiger partial charge in [0.2, 0.25) is 5.91 Å². The predicted molar refractivity (Wildman–Crippen MR) is 49.5 cm³/mol. The molecule has 1 aliphatic carbocycles. The predicted octanol–water partition coefficient (Wildman–Crippen LogP) is 0.125. The van der Waals surface area contributed by atoms with Crippen LogP contribution in [0.15, 0.2) is 23.6 Å². The SMILES string of the molecule is CNC1=CC(C(N)=O)CC(OC)=C1. The van der Waals surface area contributed by atoms with Gasteiger partial charge in [-0.25, -0.2) is 0 Å². The summed E-state index contributed by atoms with van der Waals surface area (Å²) in [5.74, 6) is 0.188. The second kappa shape index (κ2) is 3.98. The third-order valence-electron chi connectivity index (χ3n) is 2.03. The van der Waals surface area contributed by atoms with Gasteiger partial charge in [0.1, 0.15) is 0 Å². The Morgan fingerprint density at radius 1 is 1.77 bits per heavy atom. The maximum absolute atomic E-state index is 10.9. The zero-order chi connectivity index (χ0) is 9.84. The van der Waals surface area contributed by atoms with Crippen molar-refractivity contribution in [3.05, 3.63) is 23.6 Å². The van der Waals surface area contributed by atoms with Gasteiger partial charge in [0.05, 0.1) is 18.8 Å². The normalized spacial score (nSPS) is 21.5. The number of allylic oxidation sites excluding steroid dienone is 2. The van der Waals surface area contributed by atoms with E-state index in [1.165, 1.54) is 0 Å². The summed E-state index contributed by atoms with van der Waals surface area (Å²) in [4.78, 5) is 10.9. The van der Waals surface area contributed by atoms with Crippen molar-refractivity contribution in [3.63, 3.8) is 0 Å². The fraction of sp³-hybridized carbons (Fsp3) is 0.444. The Balaban J connectivity index is 2.82. The summed E-state index contributed by atoms with van der Waals surface area (Å²) in [5.41, 5.74) is 6.07. The summed E-state index contributed by atoms with van der Waals surface area (Å²) < 4.78 is 5.08. The van der Waals surface area contributed by atoms with Crippen molar-refractivity contribution >= 4 is 5.91 Å². The first kappa shape index (κ1) is 9.64. The smallest absolute Gasteiger partial charge is 0.224 e. The first-order valence-corrected chi connectivity index (χ1v) is 4.11. The number of hydrogen-bond acceptors (Lipinski definition) is 3. The molecule has 0 radical (unpaired) electrons. The van der Waals surface area contributed by atoms with Gasteiger partial charge in [-0.1, -0.05) is 0 Å². The summed E-state index contributed by atoms with van der Waals surface area (Å²) in [6.45, 7) is 0. The van der Waals surface area contributed by atoms with Gasteiger partial charge in [0.25, 0.3) is 0 Å². The Kier molecular flexibility index (Phi) is 2.95. The van der Waals surface area contributed by atoms with Crippen molar-refractivity contribution in [2.75, 3.05) is 14.2 Å². The van der Waals surface area contributed by atoms with Gasteiger partial charge in [-0.15, -0.1) is 0 Å². The zero-order valence-corrected chi connectivity index (χ0v) is 7.83. The van der Waals surface area contributed by atoms with Gasteiger partial charge in [-0.3, -0.25) is 4.79 Å². The van der Waals surface area contributed by atoms with Crippen LogP contribution in [0.1, 0.15) is 6.42 Å². The van der Waals surface area contributed by atoms with Crippen molar-refractivity contribution in [1.82, 2.24) is 5.32 Å². The number of nitrogens with two attached hydrogens (primary N) is 1. The Labute approximate surface area is 77.4 Å². The number of carbonyl (C=O) groups excluding carboxylic acids is 1. The van der Waals surface area contributed by atoms with E-state index in [2.05, 4.69) is 5.32 Å². The molecule has 4 nitrogen and oxygen atoms in total. The molecule has 0 aromatic heterocycles. The number of hydrogen-bond donors (Lipinski definition) is 2. The minimum atomic E-state index is -0.324. The third-order valence-corrected chi connectivity index (χ3v) is 2.03. The van der Waals surface area contributed by atoms with E-state index in [0.29, 0.717) is 6.42 Å². The molecule has 3 N–H and O–H groups in total. The quantitative estimate of drug-likeness (QED) is 0.651. The van der Waals surface area contributed by atoms with Gasteiger partial charge in [-0.05, 0) is 12.2 Å². The highest BCUT2D eigenvalue weighted by Gasteiger charge is 2.19. The van der Waals surface area contributed by atoms with Crippen molar-refractivity contribution in [2.24, 2.45) is 11.7 Å². The molecule has 1 unspecified atom stereocenters. The van der Waals surface area contributed by atoms with Crippen LogP contribution in [-0.4, -0.2) is 20.1 Å². The van der Waals surface area contributed by atoms with E-state index >= 15 is 0 Å². The molecular formula is C9H14N2O2. The van der Waals surface area contributed by atoms with Crippen LogP contribution in [0, 0.1) is 5.92 Å². The first-order chi connectivity index (χ1) is 6.17. The van der Waals surface area contributed by atoms with E-state index in [1.807, 2.05) is 12.2 Å². The highest BCUT2D eigenvalue weighted by atomic mass is 16.5.